The van der Waals surface area contributed by atoms with Crippen LogP contribution in [-0.4, -0.2) is 22.3 Å². The van der Waals surface area contributed by atoms with Crippen LogP contribution in [0.5, 0.6) is 0 Å². The molecule has 4 atom stereocenters. The molecule has 0 radical (unpaired) electrons. The van der Waals surface area contributed by atoms with Gasteiger partial charge in [-0.3, -0.25) is 0 Å². The van der Waals surface area contributed by atoms with Crippen molar-refractivity contribution in [3.05, 3.63) is 222 Å². The molecule has 14 rings (SSSR count). The van der Waals surface area contributed by atoms with Gasteiger partial charge in [-0.05, 0) is 131 Å². The smallest absolute Gasteiger partial charge is 0.179 e. The lowest BCUT2D eigenvalue weighted by atomic mass is 9.81. The summed E-state index contributed by atoms with van der Waals surface area (Å²) in [6, 6.07) is 71.3. The minimum Gasteiger partial charge on any atom is -0.318 e. The standard InChI is InChI=1S/C61H48N6/c1-38-18-8-10-22-44(38)40-30-33-43(34-31-40)64-53-28-16-17-29-54(53)66-51-35-32-41(45-23-11-9-19-39(45)2)36-46(51)47(37-55(64)66)56-60(3)48-24-12-15-27-52(48)67-58-57(62-49-25-13-14-26-50(49)63-58)65(59(67)61(56,60)4)42-20-6-5-7-21-42/h5-36,55,59H,37H2,1-4H3/b56-47+. The average Bonchev–Trinajstić information content (AvgIpc) is 3.56. The van der Waals surface area contributed by atoms with Crippen LogP contribution in [0, 0.1) is 19.3 Å². The van der Waals surface area contributed by atoms with Crippen molar-refractivity contribution < 1.29 is 0 Å². The minimum atomic E-state index is -0.356. The molecule has 1 aliphatic carbocycles. The molecule has 6 heteroatoms. The van der Waals surface area contributed by atoms with Gasteiger partial charge in [-0.2, -0.15) is 0 Å². The molecule has 0 N–H and O–H groups in total. The maximum atomic E-state index is 5.48. The number of hydrogen-bond acceptors (Lipinski definition) is 6. The zero-order valence-electron chi connectivity index (χ0n) is 38.0. The largest absolute Gasteiger partial charge is 0.318 e. The molecule has 1 fully saturated rings. The Morgan fingerprint density at radius 1 is 0.448 bits per heavy atom. The average molecular weight is 865 g/mol. The highest BCUT2D eigenvalue weighted by Gasteiger charge is 2.78. The Kier molecular flexibility index (Phi) is 7.88. The zero-order valence-corrected chi connectivity index (χ0v) is 38.0. The van der Waals surface area contributed by atoms with Crippen LogP contribution in [0.25, 0.3) is 38.9 Å². The molecule has 9 aromatic rings. The Hall–Kier alpha value is -7.96. The second kappa shape index (κ2) is 13.8. The van der Waals surface area contributed by atoms with Crippen LogP contribution in [0.2, 0.25) is 0 Å². The van der Waals surface area contributed by atoms with Crippen molar-refractivity contribution in [2.75, 3.05) is 19.6 Å². The predicted octanol–water partition coefficient (Wildman–Crippen LogP) is 15.0. The normalized spacial score (nSPS) is 22.7. The SMILES string of the molecule is Cc1ccccc1-c1ccc(N2c3ccccc3N3c4ccc(-c5ccccc5C)cc4/C(=C4\C5(C)c6ccccc6N6c7nc8ccccc8nc7N(c7ccccc7)C6C45C)CC23)cc1. The highest BCUT2D eigenvalue weighted by atomic mass is 15.5. The second-order valence-corrected chi connectivity index (χ2v) is 19.3. The third-order valence-electron chi connectivity index (χ3n) is 16.1. The number of para-hydroxylation sites is 6. The van der Waals surface area contributed by atoms with Gasteiger partial charge in [-0.25, -0.2) is 9.97 Å². The van der Waals surface area contributed by atoms with Gasteiger partial charge in [0.25, 0.3) is 0 Å². The van der Waals surface area contributed by atoms with Crippen LogP contribution in [0.15, 0.2) is 200 Å². The monoisotopic (exact) mass is 864 g/mol. The van der Waals surface area contributed by atoms with Gasteiger partial charge >= 0.3 is 0 Å². The summed E-state index contributed by atoms with van der Waals surface area (Å²) in [5.41, 5.74) is 21.5. The molecular weight excluding hydrogens is 817 g/mol. The summed E-state index contributed by atoms with van der Waals surface area (Å²) in [6.45, 7) is 9.49. The number of nitrogens with zero attached hydrogens (tertiary/aromatic N) is 6. The van der Waals surface area contributed by atoms with E-state index in [2.05, 4.69) is 241 Å². The van der Waals surface area contributed by atoms with E-state index in [1.54, 1.807) is 0 Å². The van der Waals surface area contributed by atoms with E-state index < -0.39 is 0 Å². The Morgan fingerprint density at radius 2 is 0.985 bits per heavy atom. The van der Waals surface area contributed by atoms with E-state index in [0.29, 0.717) is 0 Å². The molecule has 4 unspecified atom stereocenters. The van der Waals surface area contributed by atoms with Gasteiger partial charge in [0, 0.05) is 39.9 Å². The first kappa shape index (κ1) is 38.3. The number of hydrogen-bond donors (Lipinski definition) is 0. The van der Waals surface area contributed by atoms with Gasteiger partial charge in [0.15, 0.2) is 11.6 Å². The molecule has 4 aliphatic heterocycles. The van der Waals surface area contributed by atoms with Crippen molar-refractivity contribution in [3.63, 3.8) is 0 Å². The Morgan fingerprint density at radius 3 is 1.67 bits per heavy atom. The summed E-state index contributed by atoms with van der Waals surface area (Å²) in [5.74, 6) is 1.80. The minimum absolute atomic E-state index is 0.00172. The third kappa shape index (κ3) is 5.10. The maximum absolute atomic E-state index is 5.48. The number of benzene rings is 8. The van der Waals surface area contributed by atoms with Crippen molar-refractivity contribution >= 4 is 62.4 Å². The number of aromatic nitrogens is 2. The van der Waals surface area contributed by atoms with E-state index in [4.69, 9.17) is 9.97 Å². The van der Waals surface area contributed by atoms with Crippen LogP contribution in [0.1, 0.15) is 42.5 Å². The summed E-state index contributed by atoms with van der Waals surface area (Å²) in [5, 5.41) is 0. The lowest BCUT2D eigenvalue weighted by molar-refractivity contribution is 0.376. The summed E-state index contributed by atoms with van der Waals surface area (Å²) in [4.78, 5) is 21.2. The molecule has 322 valence electrons. The Bertz CT molecular complexity index is 3560. The van der Waals surface area contributed by atoms with E-state index in [1.807, 2.05) is 0 Å². The molecule has 5 aliphatic rings. The topological polar surface area (TPSA) is 38.7 Å². The predicted molar refractivity (Wildman–Crippen MR) is 275 cm³/mol. The molecular formula is C61H48N6. The fraction of sp³-hybridized carbons (Fsp3) is 0.148. The highest BCUT2D eigenvalue weighted by Crippen LogP contribution is 2.80. The highest BCUT2D eigenvalue weighted by molar-refractivity contribution is 6.01. The summed E-state index contributed by atoms with van der Waals surface area (Å²) >= 11 is 0. The van der Waals surface area contributed by atoms with Gasteiger partial charge in [-0.15, -0.1) is 0 Å². The third-order valence-corrected chi connectivity index (χ3v) is 16.1. The second-order valence-electron chi connectivity index (χ2n) is 19.3. The van der Waals surface area contributed by atoms with Gasteiger partial charge in [-0.1, -0.05) is 141 Å². The lowest BCUT2D eigenvalue weighted by Crippen LogP contribution is -2.50. The summed E-state index contributed by atoms with van der Waals surface area (Å²) in [6.07, 6.45) is 0.699. The first-order valence-corrected chi connectivity index (χ1v) is 23.6. The molecule has 0 saturated heterocycles. The lowest BCUT2D eigenvalue weighted by Gasteiger charge is -2.43. The number of aryl methyl sites for hydroxylation is 2. The zero-order chi connectivity index (χ0) is 44.8. The first-order valence-electron chi connectivity index (χ1n) is 23.6. The molecule has 5 heterocycles. The first-order chi connectivity index (χ1) is 32.8. The molecule has 1 saturated carbocycles. The van der Waals surface area contributed by atoms with Crippen molar-refractivity contribution in [2.45, 2.75) is 51.9 Å². The van der Waals surface area contributed by atoms with E-state index >= 15 is 0 Å². The van der Waals surface area contributed by atoms with Crippen molar-refractivity contribution in [3.8, 4) is 22.3 Å². The van der Waals surface area contributed by atoms with E-state index in [0.717, 1.165) is 34.8 Å². The Labute approximate surface area is 391 Å². The molecule has 6 nitrogen and oxygen atoms in total. The summed E-state index contributed by atoms with van der Waals surface area (Å²) < 4.78 is 0. The van der Waals surface area contributed by atoms with Crippen LogP contribution in [-0.2, 0) is 5.41 Å². The van der Waals surface area contributed by atoms with Gasteiger partial charge in [0.05, 0.1) is 28.1 Å². The van der Waals surface area contributed by atoms with Crippen LogP contribution >= 0.6 is 0 Å². The van der Waals surface area contributed by atoms with Crippen LogP contribution in [0.3, 0.4) is 0 Å². The Balaban J connectivity index is 1.02. The molecule has 8 aromatic carbocycles. The van der Waals surface area contributed by atoms with E-state index in [1.165, 1.54) is 84.1 Å². The molecule has 1 aromatic heterocycles. The van der Waals surface area contributed by atoms with Crippen molar-refractivity contribution in [2.24, 2.45) is 5.41 Å². The molecule has 0 amide bonds. The van der Waals surface area contributed by atoms with Crippen LogP contribution in [0.4, 0.5) is 45.8 Å². The van der Waals surface area contributed by atoms with Gasteiger partial charge < -0.3 is 19.6 Å². The molecule has 0 bridgehead atoms. The van der Waals surface area contributed by atoms with Crippen LogP contribution < -0.4 is 19.6 Å². The quantitative estimate of drug-likeness (QED) is 0.175. The summed E-state index contributed by atoms with van der Waals surface area (Å²) in [7, 11) is 0. The van der Waals surface area contributed by atoms with Gasteiger partial charge in [0.1, 0.15) is 12.3 Å². The fourth-order valence-corrected chi connectivity index (χ4v) is 12.9. The molecule has 0 spiro atoms. The van der Waals surface area contributed by atoms with E-state index in [-0.39, 0.29) is 23.2 Å². The number of anilines is 8. The van der Waals surface area contributed by atoms with E-state index in [9.17, 15) is 0 Å². The number of rotatable bonds is 4. The van der Waals surface area contributed by atoms with Crippen molar-refractivity contribution in [1.29, 1.82) is 0 Å². The number of fused-ring (bicyclic) bond motifs is 14. The maximum Gasteiger partial charge on any atom is 0.179 e. The fourth-order valence-electron chi connectivity index (χ4n) is 12.9. The van der Waals surface area contributed by atoms with Gasteiger partial charge in [0.2, 0.25) is 0 Å². The van der Waals surface area contributed by atoms with Crippen molar-refractivity contribution in [1.82, 2.24) is 9.97 Å². The molecule has 67 heavy (non-hydrogen) atoms.